The molecule has 6 nitrogen and oxygen atoms in total. The molecule has 0 aromatic rings. The third-order valence-electron chi connectivity index (χ3n) is 1.75. The highest BCUT2D eigenvalue weighted by atomic mass is 32.2. The molecule has 0 bridgehead atoms. The van der Waals surface area contributed by atoms with E-state index in [1.54, 1.807) is 0 Å². The molecule has 0 heterocycles. The lowest BCUT2D eigenvalue weighted by Gasteiger charge is -2.17. The number of terminal acetylenes is 1. The molecular formula is C10H16N2O4S. The van der Waals surface area contributed by atoms with E-state index in [2.05, 4.69) is 16.6 Å². The third kappa shape index (κ3) is 7.49. The van der Waals surface area contributed by atoms with Gasteiger partial charge < -0.3 is 20.8 Å². The molecule has 7 heteroatoms. The number of rotatable bonds is 7. The summed E-state index contributed by atoms with van der Waals surface area (Å²) in [6.45, 7) is 1.67. The van der Waals surface area contributed by atoms with Crippen LogP contribution in [0.4, 0.5) is 4.79 Å². The van der Waals surface area contributed by atoms with Crippen LogP contribution in [0, 0.1) is 12.3 Å². The largest absolute Gasteiger partial charge is 0.480 e. The van der Waals surface area contributed by atoms with Gasteiger partial charge in [-0.15, -0.1) is 18.2 Å². The number of carboxylic acid groups (broad SMARTS) is 1. The molecule has 0 aromatic carbocycles. The highest BCUT2D eigenvalue weighted by molar-refractivity contribution is 7.99. The normalized spacial score (nSPS) is 13.2. The number of hydrogen-bond donors (Lipinski definition) is 4. The van der Waals surface area contributed by atoms with Crippen LogP contribution < -0.4 is 10.6 Å². The van der Waals surface area contributed by atoms with Crippen LogP contribution in [0.1, 0.15) is 6.92 Å². The number of aliphatic carboxylic acids is 1. The van der Waals surface area contributed by atoms with Crippen molar-refractivity contribution in [2.24, 2.45) is 0 Å². The number of carboxylic acids is 1. The molecule has 2 atom stereocenters. The topological polar surface area (TPSA) is 98.7 Å². The Hall–Kier alpha value is -1.39. The van der Waals surface area contributed by atoms with Crippen LogP contribution in [0.2, 0.25) is 0 Å². The zero-order valence-corrected chi connectivity index (χ0v) is 10.3. The molecule has 4 N–H and O–H groups in total. The number of carbonyl (C=O) groups is 2. The summed E-state index contributed by atoms with van der Waals surface area (Å²) in [5.41, 5.74) is 0. The molecule has 0 fully saturated rings. The maximum atomic E-state index is 11.2. The second-order valence-corrected chi connectivity index (χ2v) is 4.32. The van der Waals surface area contributed by atoms with Crippen molar-refractivity contribution in [2.75, 3.05) is 18.1 Å². The van der Waals surface area contributed by atoms with Crippen molar-refractivity contribution < 1.29 is 19.8 Å². The lowest BCUT2D eigenvalue weighted by molar-refractivity contribution is -0.141. The Bertz CT molecular complexity index is 301. The Kier molecular flexibility index (Phi) is 8.01. The summed E-state index contributed by atoms with van der Waals surface area (Å²) < 4.78 is 0. The summed E-state index contributed by atoms with van der Waals surface area (Å²) in [5.74, 6) is 2.37. The van der Waals surface area contributed by atoms with E-state index in [0.717, 1.165) is 0 Å². The lowest BCUT2D eigenvalue weighted by atomic mass is 10.2. The standard InChI is InChI=1S/C10H16N2O4S/c1-3-5-17-6-4-11-10(16)12-8(7(2)13)9(14)15/h1,7-8,13H,4-6H2,2H3,(H,14,15)(H2,11,12,16). The van der Waals surface area contributed by atoms with Gasteiger partial charge in [0.25, 0.3) is 0 Å². The lowest BCUT2D eigenvalue weighted by Crippen LogP contribution is -2.51. The summed E-state index contributed by atoms with van der Waals surface area (Å²) in [5, 5.41) is 22.5. The van der Waals surface area contributed by atoms with Gasteiger partial charge in [-0.05, 0) is 6.92 Å². The van der Waals surface area contributed by atoms with Gasteiger partial charge in [0.15, 0.2) is 6.04 Å². The van der Waals surface area contributed by atoms with E-state index in [9.17, 15) is 9.59 Å². The second-order valence-electron chi connectivity index (χ2n) is 3.21. The number of amides is 2. The Balaban J connectivity index is 3.84. The van der Waals surface area contributed by atoms with E-state index >= 15 is 0 Å². The van der Waals surface area contributed by atoms with Gasteiger partial charge in [-0.1, -0.05) is 5.92 Å². The van der Waals surface area contributed by atoms with Gasteiger partial charge in [0.1, 0.15) is 0 Å². The van der Waals surface area contributed by atoms with Crippen molar-refractivity contribution in [1.29, 1.82) is 0 Å². The number of carbonyl (C=O) groups excluding carboxylic acids is 1. The molecule has 0 rings (SSSR count). The number of aliphatic hydroxyl groups is 1. The number of nitrogens with one attached hydrogen (secondary N) is 2. The fourth-order valence-electron chi connectivity index (χ4n) is 0.949. The Morgan fingerprint density at radius 2 is 2.18 bits per heavy atom. The number of aliphatic hydroxyl groups excluding tert-OH is 1. The molecule has 0 spiro atoms. The minimum absolute atomic E-state index is 0.379. The number of hydrogen-bond acceptors (Lipinski definition) is 4. The van der Waals surface area contributed by atoms with Crippen molar-refractivity contribution in [3.05, 3.63) is 0 Å². The van der Waals surface area contributed by atoms with E-state index in [4.69, 9.17) is 16.6 Å². The van der Waals surface area contributed by atoms with E-state index in [1.807, 2.05) is 0 Å². The van der Waals surface area contributed by atoms with Crippen LogP contribution in [-0.4, -0.2) is 52.4 Å². The summed E-state index contributed by atoms with van der Waals surface area (Å²) in [6.07, 6.45) is 3.88. The van der Waals surface area contributed by atoms with E-state index in [0.29, 0.717) is 18.1 Å². The predicted molar refractivity (Wildman–Crippen MR) is 65.8 cm³/mol. The SMILES string of the molecule is C#CCSCCNC(=O)NC(C(=O)O)C(C)O. The Morgan fingerprint density at radius 1 is 1.53 bits per heavy atom. The summed E-state index contributed by atoms with van der Waals surface area (Å²) >= 11 is 1.48. The molecule has 0 aliphatic carbocycles. The van der Waals surface area contributed by atoms with Gasteiger partial charge in [0.2, 0.25) is 0 Å². The van der Waals surface area contributed by atoms with Crippen molar-refractivity contribution in [3.8, 4) is 12.3 Å². The van der Waals surface area contributed by atoms with Gasteiger partial charge in [-0.3, -0.25) is 0 Å². The molecule has 0 radical (unpaired) electrons. The van der Waals surface area contributed by atoms with E-state index in [1.165, 1.54) is 18.7 Å². The van der Waals surface area contributed by atoms with Crippen LogP contribution in [0.3, 0.4) is 0 Å². The smallest absolute Gasteiger partial charge is 0.328 e. The maximum absolute atomic E-state index is 11.2. The van der Waals surface area contributed by atoms with Crippen LogP contribution in [0.15, 0.2) is 0 Å². The van der Waals surface area contributed by atoms with Crippen molar-refractivity contribution in [3.63, 3.8) is 0 Å². The fourth-order valence-corrected chi connectivity index (χ4v) is 1.46. The molecule has 0 aromatic heterocycles. The number of urea groups is 1. The molecule has 96 valence electrons. The van der Waals surface area contributed by atoms with Crippen molar-refractivity contribution in [2.45, 2.75) is 19.1 Å². The number of thioether (sulfide) groups is 1. The minimum Gasteiger partial charge on any atom is -0.480 e. The van der Waals surface area contributed by atoms with Crippen LogP contribution >= 0.6 is 11.8 Å². The molecule has 2 amide bonds. The van der Waals surface area contributed by atoms with Gasteiger partial charge in [0.05, 0.1) is 11.9 Å². The van der Waals surface area contributed by atoms with Gasteiger partial charge in [-0.2, -0.15) is 0 Å². The van der Waals surface area contributed by atoms with E-state index < -0.39 is 24.1 Å². The highest BCUT2D eigenvalue weighted by Gasteiger charge is 2.24. The fraction of sp³-hybridized carbons (Fsp3) is 0.600. The van der Waals surface area contributed by atoms with E-state index in [-0.39, 0.29) is 0 Å². The summed E-state index contributed by atoms with van der Waals surface area (Å²) in [7, 11) is 0. The average molecular weight is 260 g/mol. The van der Waals surface area contributed by atoms with Gasteiger partial charge in [-0.25, -0.2) is 9.59 Å². The maximum Gasteiger partial charge on any atom is 0.328 e. The first kappa shape index (κ1) is 15.6. The van der Waals surface area contributed by atoms with Crippen LogP contribution in [0.5, 0.6) is 0 Å². The monoisotopic (exact) mass is 260 g/mol. The molecule has 2 unspecified atom stereocenters. The Morgan fingerprint density at radius 3 is 2.65 bits per heavy atom. The van der Waals surface area contributed by atoms with Crippen LogP contribution in [0.25, 0.3) is 0 Å². The molecule has 0 aliphatic heterocycles. The molecule has 0 saturated carbocycles. The van der Waals surface area contributed by atoms with Crippen LogP contribution in [-0.2, 0) is 4.79 Å². The first-order valence-corrected chi connectivity index (χ1v) is 6.11. The van der Waals surface area contributed by atoms with Gasteiger partial charge in [0, 0.05) is 12.3 Å². The molecular weight excluding hydrogens is 244 g/mol. The highest BCUT2D eigenvalue weighted by Crippen LogP contribution is 1.96. The first-order valence-electron chi connectivity index (χ1n) is 4.95. The quantitative estimate of drug-likeness (QED) is 0.365. The Labute approximate surface area is 104 Å². The molecule has 17 heavy (non-hydrogen) atoms. The second kappa shape index (κ2) is 8.73. The van der Waals surface area contributed by atoms with Gasteiger partial charge >= 0.3 is 12.0 Å². The summed E-state index contributed by atoms with van der Waals surface area (Å²) in [6, 6.07) is -1.94. The molecule has 0 saturated heterocycles. The predicted octanol–water partition coefficient (Wildman–Crippen LogP) is -0.514. The third-order valence-corrected chi connectivity index (χ3v) is 2.62. The van der Waals surface area contributed by atoms with Crippen molar-refractivity contribution >= 4 is 23.8 Å². The summed E-state index contributed by atoms with van der Waals surface area (Å²) in [4.78, 5) is 21.9. The zero-order valence-electron chi connectivity index (χ0n) is 9.47. The van der Waals surface area contributed by atoms with Crippen molar-refractivity contribution in [1.82, 2.24) is 10.6 Å². The first-order chi connectivity index (χ1) is 7.99. The molecule has 0 aliphatic rings. The minimum atomic E-state index is -1.31. The average Bonchev–Trinajstić information content (AvgIpc) is 2.24. The zero-order chi connectivity index (χ0) is 13.3.